The number of rotatable bonds is 5. The summed E-state index contributed by atoms with van der Waals surface area (Å²) in [6.07, 6.45) is 4.90. The predicted octanol–water partition coefficient (Wildman–Crippen LogP) is 2.52. The van der Waals surface area contributed by atoms with E-state index in [0.29, 0.717) is 0 Å². The zero-order valence-electron chi connectivity index (χ0n) is 9.60. The highest BCUT2D eigenvalue weighted by atomic mass is 32.1. The number of hydrogen-bond donors (Lipinski definition) is 1. The molecular weight excluding hydrogens is 220 g/mol. The molecule has 0 atom stereocenters. The van der Waals surface area contributed by atoms with Crippen molar-refractivity contribution in [3.63, 3.8) is 0 Å². The van der Waals surface area contributed by atoms with Gasteiger partial charge in [-0.15, -0.1) is 11.3 Å². The van der Waals surface area contributed by atoms with Gasteiger partial charge in [-0.2, -0.15) is 0 Å². The summed E-state index contributed by atoms with van der Waals surface area (Å²) in [7, 11) is 0. The summed E-state index contributed by atoms with van der Waals surface area (Å²) < 4.78 is 2.09. The Bertz CT molecular complexity index is 446. The van der Waals surface area contributed by atoms with Crippen LogP contribution >= 0.6 is 11.3 Å². The molecule has 1 N–H and O–H groups in total. The second kappa shape index (κ2) is 5.12. The van der Waals surface area contributed by atoms with Gasteiger partial charge in [-0.25, -0.2) is 9.97 Å². The lowest BCUT2D eigenvalue weighted by atomic mass is 10.4. The van der Waals surface area contributed by atoms with Crippen molar-refractivity contribution >= 4 is 17.3 Å². The van der Waals surface area contributed by atoms with Crippen LogP contribution in [0, 0.1) is 6.92 Å². The van der Waals surface area contributed by atoms with E-state index in [0.717, 1.165) is 36.2 Å². The van der Waals surface area contributed by atoms with Crippen LogP contribution in [0.2, 0.25) is 0 Å². The summed E-state index contributed by atoms with van der Waals surface area (Å²) in [5.41, 5.74) is 1.10. The van der Waals surface area contributed by atoms with Gasteiger partial charge in [0.1, 0.15) is 0 Å². The van der Waals surface area contributed by atoms with Crippen LogP contribution in [0.15, 0.2) is 17.8 Å². The van der Waals surface area contributed by atoms with E-state index in [1.165, 1.54) is 0 Å². The van der Waals surface area contributed by atoms with Crippen molar-refractivity contribution in [1.29, 1.82) is 0 Å². The van der Waals surface area contributed by atoms with Gasteiger partial charge in [-0.1, -0.05) is 6.92 Å². The third-order valence-corrected chi connectivity index (χ3v) is 3.07. The minimum absolute atomic E-state index is 0.788. The Kier molecular flexibility index (Phi) is 3.56. The molecule has 0 bridgehead atoms. The van der Waals surface area contributed by atoms with Gasteiger partial charge >= 0.3 is 0 Å². The summed E-state index contributed by atoms with van der Waals surface area (Å²) >= 11 is 1.68. The van der Waals surface area contributed by atoms with Gasteiger partial charge in [-0.3, -0.25) is 0 Å². The van der Waals surface area contributed by atoms with Crippen molar-refractivity contribution in [3.05, 3.63) is 28.5 Å². The molecule has 2 aromatic heterocycles. The standard InChI is InChI=1S/C11H16N4S/c1-3-4-12-11-13-5-6-15(11)7-10-8-16-9(2)14-10/h5-6,8H,3-4,7H2,1-2H3,(H,12,13). The van der Waals surface area contributed by atoms with Crippen molar-refractivity contribution in [2.24, 2.45) is 0 Å². The maximum atomic E-state index is 4.45. The van der Waals surface area contributed by atoms with Crippen LogP contribution in [-0.4, -0.2) is 21.1 Å². The highest BCUT2D eigenvalue weighted by molar-refractivity contribution is 7.09. The van der Waals surface area contributed by atoms with Crippen LogP contribution in [-0.2, 0) is 6.54 Å². The topological polar surface area (TPSA) is 42.7 Å². The molecule has 0 unspecified atom stereocenters. The fourth-order valence-electron chi connectivity index (χ4n) is 1.50. The maximum absolute atomic E-state index is 4.45. The van der Waals surface area contributed by atoms with Crippen LogP contribution in [0.4, 0.5) is 5.95 Å². The third kappa shape index (κ3) is 2.61. The Labute approximate surface area is 99.4 Å². The Morgan fingerprint density at radius 2 is 2.38 bits per heavy atom. The number of thiazole rings is 1. The lowest BCUT2D eigenvalue weighted by Gasteiger charge is -2.07. The van der Waals surface area contributed by atoms with Crippen LogP contribution in [0.3, 0.4) is 0 Å². The first-order chi connectivity index (χ1) is 7.79. The minimum Gasteiger partial charge on any atom is -0.356 e. The van der Waals surface area contributed by atoms with E-state index in [2.05, 4.69) is 32.2 Å². The average Bonchev–Trinajstić information content (AvgIpc) is 2.86. The van der Waals surface area contributed by atoms with Crippen LogP contribution in [0.1, 0.15) is 24.0 Å². The molecule has 86 valence electrons. The molecule has 0 aliphatic carbocycles. The van der Waals surface area contributed by atoms with E-state index in [1.54, 1.807) is 11.3 Å². The molecule has 4 nitrogen and oxygen atoms in total. The molecule has 5 heteroatoms. The molecule has 0 saturated heterocycles. The molecule has 0 aliphatic heterocycles. The van der Waals surface area contributed by atoms with Gasteiger partial charge in [0.15, 0.2) is 0 Å². The van der Waals surface area contributed by atoms with E-state index >= 15 is 0 Å². The van der Waals surface area contributed by atoms with Gasteiger partial charge in [0.05, 0.1) is 17.2 Å². The quantitative estimate of drug-likeness (QED) is 0.867. The molecule has 2 aromatic rings. The third-order valence-electron chi connectivity index (χ3n) is 2.25. The molecule has 0 saturated carbocycles. The van der Waals surface area contributed by atoms with Crippen LogP contribution in [0.5, 0.6) is 0 Å². The molecular formula is C11H16N4S. The number of aromatic nitrogens is 3. The summed E-state index contributed by atoms with van der Waals surface area (Å²) in [5.74, 6) is 0.924. The molecule has 0 radical (unpaired) electrons. The van der Waals surface area contributed by atoms with Gasteiger partial charge in [0.2, 0.25) is 5.95 Å². The number of aryl methyl sites for hydroxylation is 1. The summed E-state index contributed by atoms with van der Waals surface area (Å²) in [6, 6.07) is 0. The average molecular weight is 236 g/mol. The molecule has 0 spiro atoms. The number of anilines is 1. The van der Waals surface area contributed by atoms with Gasteiger partial charge < -0.3 is 9.88 Å². The summed E-state index contributed by atoms with van der Waals surface area (Å²) in [5, 5.41) is 6.50. The Balaban J connectivity index is 2.06. The number of nitrogens with zero attached hydrogens (tertiary/aromatic N) is 3. The van der Waals surface area contributed by atoms with Crippen molar-refractivity contribution in [1.82, 2.24) is 14.5 Å². The molecule has 0 fully saturated rings. The molecule has 0 aliphatic rings. The van der Waals surface area contributed by atoms with Crippen molar-refractivity contribution in [3.8, 4) is 0 Å². The van der Waals surface area contributed by atoms with E-state index < -0.39 is 0 Å². The Morgan fingerprint density at radius 3 is 3.06 bits per heavy atom. The first-order valence-electron chi connectivity index (χ1n) is 5.45. The highest BCUT2D eigenvalue weighted by Crippen LogP contribution is 2.12. The second-order valence-electron chi connectivity index (χ2n) is 3.66. The highest BCUT2D eigenvalue weighted by Gasteiger charge is 2.04. The van der Waals surface area contributed by atoms with Gasteiger partial charge in [0.25, 0.3) is 0 Å². The van der Waals surface area contributed by atoms with Gasteiger partial charge in [-0.05, 0) is 13.3 Å². The maximum Gasteiger partial charge on any atom is 0.203 e. The van der Waals surface area contributed by atoms with Gasteiger partial charge in [0, 0.05) is 24.3 Å². The monoisotopic (exact) mass is 236 g/mol. The Hall–Kier alpha value is -1.36. The summed E-state index contributed by atoms with van der Waals surface area (Å²) in [4.78, 5) is 8.73. The molecule has 16 heavy (non-hydrogen) atoms. The molecule has 0 amide bonds. The molecule has 0 aromatic carbocycles. The second-order valence-corrected chi connectivity index (χ2v) is 4.73. The van der Waals surface area contributed by atoms with Crippen molar-refractivity contribution in [2.75, 3.05) is 11.9 Å². The number of hydrogen-bond acceptors (Lipinski definition) is 4. The minimum atomic E-state index is 0.788. The first-order valence-corrected chi connectivity index (χ1v) is 6.33. The zero-order valence-corrected chi connectivity index (χ0v) is 10.4. The lowest BCUT2D eigenvalue weighted by molar-refractivity contribution is 0.774. The fourth-order valence-corrected chi connectivity index (χ4v) is 2.10. The van der Waals surface area contributed by atoms with E-state index in [4.69, 9.17) is 0 Å². The Morgan fingerprint density at radius 1 is 1.50 bits per heavy atom. The molecule has 2 rings (SSSR count). The van der Waals surface area contributed by atoms with Crippen molar-refractivity contribution in [2.45, 2.75) is 26.8 Å². The van der Waals surface area contributed by atoms with E-state index in [1.807, 2.05) is 19.3 Å². The summed E-state index contributed by atoms with van der Waals surface area (Å²) in [6.45, 7) is 5.91. The van der Waals surface area contributed by atoms with Crippen molar-refractivity contribution < 1.29 is 0 Å². The van der Waals surface area contributed by atoms with E-state index in [-0.39, 0.29) is 0 Å². The largest absolute Gasteiger partial charge is 0.356 e. The van der Waals surface area contributed by atoms with Crippen LogP contribution < -0.4 is 5.32 Å². The lowest BCUT2D eigenvalue weighted by Crippen LogP contribution is -2.08. The fraction of sp³-hybridized carbons (Fsp3) is 0.455. The molecule has 2 heterocycles. The first kappa shape index (κ1) is 11.1. The number of nitrogens with one attached hydrogen (secondary N) is 1. The smallest absolute Gasteiger partial charge is 0.203 e. The number of imidazole rings is 1. The zero-order chi connectivity index (χ0) is 11.4. The van der Waals surface area contributed by atoms with E-state index in [9.17, 15) is 0 Å². The predicted molar refractivity (Wildman–Crippen MR) is 67.0 cm³/mol. The normalized spacial score (nSPS) is 10.6. The van der Waals surface area contributed by atoms with Crippen LogP contribution in [0.25, 0.3) is 0 Å². The SMILES string of the molecule is CCCNc1nccn1Cc1csc(C)n1.